The van der Waals surface area contributed by atoms with Crippen molar-refractivity contribution in [2.75, 3.05) is 39.0 Å². The number of nitrogens with zero attached hydrogens (tertiary/aromatic N) is 3. The van der Waals surface area contributed by atoms with Crippen LogP contribution in [0.3, 0.4) is 0 Å². The minimum atomic E-state index is -0.159. The van der Waals surface area contributed by atoms with E-state index < -0.39 is 0 Å². The molecule has 2 saturated heterocycles. The van der Waals surface area contributed by atoms with Crippen molar-refractivity contribution in [2.24, 2.45) is 5.41 Å². The molecule has 0 unspecified atom stereocenters. The predicted octanol–water partition coefficient (Wildman–Crippen LogP) is 1.00. The van der Waals surface area contributed by atoms with Crippen LogP contribution in [0, 0.1) is 5.41 Å². The maximum Gasteiger partial charge on any atom is 0.180 e. The Hall–Kier alpha value is -0.690. The summed E-state index contributed by atoms with van der Waals surface area (Å²) in [5, 5.41) is 11.1. The number of rotatable bonds is 2. The fourth-order valence-electron chi connectivity index (χ4n) is 3.78. The summed E-state index contributed by atoms with van der Waals surface area (Å²) in [5.74, 6) is 0. The fourth-order valence-corrected chi connectivity index (χ4v) is 4.51. The summed E-state index contributed by atoms with van der Waals surface area (Å²) in [6, 6.07) is 0. The number of anilines is 1. The number of hydrogen-bond acceptors (Lipinski definition) is 6. The Morgan fingerprint density at radius 3 is 3.10 bits per heavy atom. The molecule has 1 aromatic rings. The van der Waals surface area contributed by atoms with Crippen LogP contribution in [0.25, 0.3) is 0 Å². The lowest BCUT2D eigenvalue weighted by Gasteiger charge is -2.50. The molecule has 2 aliphatic heterocycles. The van der Waals surface area contributed by atoms with Gasteiger partial charge in [-0.1, -0.05) is 0 Å². The molecule has 2 atom stereocenters. The third-order valence-corrected chi connectivity index (χ3v) is 5.53. The molecule has 1 aromatic heterocycles. The molecule has 2 aliphatic rings. The molecule has 1 spiro atoms. The maximum absolute atomic E-state index is 10.5. The average Bonchev–Trinajstić information content (AvgIpc) is 2.80. The van der Waals surface area contributed by atoms with Crippen LogP contribution >= 0.6 is 11.3 Å². The molecule has 3 heterocycles. The second kappa shape index (κ2) is 5.60. The van der Waals surface area contributed by atoms with Gasteiger partial charge in [0.15, 0.2) is 5.13 Å². The van der Waals surface area contributed by atoms with Crippen LogP contribution in [0.1, 0.15) is 24.1 Å². The lowest BCUT2D eigenvalue weighted by molar-refractivity contribution is -0.0806. The molecule has 0 radical (unpaired) electrons. The van der Waals surface area contributed by atoms with Gasteiger partial charge in [0.25, 0.3) is 0 Å². The average molecular weight is 296 g/mol. The highest BCUT2D eigenvalue weighted by atomic mass is 32.1. The van der Waals surface area contributed by atoms with E-state index in [1.807, 2.05) is 6.20 Å². The predicted molar refractivity (Wildman–Crippen MR) is 81.6 cm³/mol. The fraction of sp³-hybridized carbons (Fsp3) is 0.786. The van der Waals surface area contributed by atoms with Gasteiger partial charge < -0.3 is 15.7 Å². The van der Waals surface area contributed by atoms with E-state index in [0.717, 1.165) is 45.6 Å². The zero-order valence-electron chi connectivity index (χ0n) is 12.1. The number of aliphatic hydroxyl groups excluding tert-OH is 1. The topological polar surface area (TPSA) is 65.6 Å². The van der Waals surface area contributed by atoms with Gasteiger partial charge >= 0.3 is 0 Å². The number of aliphatic hydroxyl groups is 1. The van der Waals surface area contributed by atoms with Gasteiger partial charge in [0.1, 0.15) is 0 Å². The van der Waals surface area contributed by atoms with Crippen LogP contribution in [-0.2, 0) is 6.54 Å². The number of hydrogen-bond donors (Lipinski definition) is 2. The van der Waals surface area contributed by atoms with Gasteiger partial charge in [0.2, 0.25) is 0 Å². The van der Waals surface area contributed by atoms with Crippen LogP contribution in [0.2, 0.25) is 0 Å². The van der Waals surface area contributed by atoms with E-state index in [0.29, 0.717) is 5.13 Å². The number of nitrogens with two attached hydrogens (primary N) is 1. The molecular weight excluding hydrogens is 272 g/mol. The summed E-state index contributed by atoms with van der Waals surface area (Å²) in [6.45, 7) is 5.02. The van der Waals surface area contributed by atoms with Gasteiger partial charge in [-0.2, -0.15) is 0 Å². The van der Waals surface area contributed by atoms with Crippen LogP contribution in [0.15, 0.2) is 6.20 Å². The van der Waals surface area contributed by atoms with E-state index in [2.05, 4.69) is 21.8 Å². The molecule has 0 amide bonds. The first-order valence-electron chi connectivity index (χ1n) is 7.37. The summed E-state index contributed by atoms with van der Waals surface area (Å²) >= 11 is 1.57. The van der Waals surface area contributed by atoms with Crippen LogP contribution in [-0.4, -0.2) is 59.2 Å². The van der Waals surface area contributed by atoms with E-state index in [1.54, 1.807) is 11.3 Å². The summed E-state index contributed by atoms with van der Waals surface area (Å²) in [5.41, 5.74) is 5.76. The summed E-state index contributed by atoms with van der Waals surface area (Å²) in [6.07, 6.45) is 4.93. The van der Waals surface area contributed by atoms with E-state index in [1.165, 1.54) is 11.3 Å². The smallest absolute Gasteiger partial charge is 0.180 e. The minimum Gasteiger partial charge on any atom is -0.392 e. The van der Waals surface area contributed by atoms with Gasteiger partial charge in [0, 0.05) is 42.7 Å². The van der Waals surface area contributed by atoms with Crippen molar-refractivity contribution in [3.63, 3.8) is 0 Å². The standard InChI is InChI=1S/C14H24N4OS/c1-17-6-3-12(19)14(9-17)4-2-5-18(10-14)8-11-7-16-13(15)20-11/h7,12,19H,2-6,8-10H2,1H3,(H2,15,16)/t12-,14-/m0/s1. The van der Waals surface area contributed by atoms with Crippen molar-refractivity contribution in [2.45, 2.75) is 31.9 Å². The van der Waals surface area contributed by atoms with Gasteiger partial charge in [-0.25, -0.2) is 4.98 Å². The highest BCUT2D eigenvalue weighted by Gasteiger charge is 2.44. The molecule has 0 bridgehead atoms. The van der Waals surface area contributed by atoms with Gasteiger partial charge in [-0.05, 0) is 32.9 Å². The zero-order chi connectivity index (χ0) is 14.2. The number of likely N-dealkylation sites (tertiary alicyclic amines) is 2. The quantitative estimate of drug-likeness (QED) is 0.852. The van der Waals surface area contributed by atoms with Crippen molar-refractivity contribution in [1.82, 2.24) is 14.8 Å². The Bertz CT molecular complexity index is 466. The summed E-state index contributed by atoms with van der Waals surface area (Å²) in [7, 11) is 2.16. The minimum absolute atomic E-state index is 0.0570. The molecule has 0 aliphatic carbocycles. The van der Waals surface area contributed by atoms with Gasteiger partial charge in [-0.3, -0.25) is 4.90 Å². The Balaban J connectivity index is 1.69. The van der Waals surface area contributed by atoms with E-state index >= 15 is 0 Å². The normalized spacial score (nSPS) is 32.8. The Morgan fingerprint density at radius 2 is 2.35 bits per heavy atom. The summed E-state index contributed by atoms with van der Waals surface area (Å²) in [4.78, 5) is 10.2. The second-order valence-corrected chi connectivity index (χ2v) is 7.53. The Kier molecular flexibility index (Phi) is 3.99. The molecule has 3 rings (SSSR count). The Labute approximate surface area is 124 Å². The van der Waals surface area contributed by atoms with Crippen molar-refractivity contribution < 1.29 is 5.11 Å². The van der Waals surface area contributed by atoms with Crippen molar-refractivity contribution in [1.29, 1.82) is 0 Å². The number of thiazole rings is 1. The molecule has 0 aromatic carbocycles. The third-order valence-electron chi connectivity index (χ3n) is 4.71. The number of nitrogen functional groups attached to an aromatic ring is 1. The maximum atomic E-state index is 10.5. The van der Waals surface area contributed by atoms with E-state index in [-0.39, 0.29) is 11.5 Å². The zero-order valence-corrected chi connectivity index (χ0v) is 12.9. The SMILES string of the molecule is CN1CC[C@H](O)[C@@]2(CCCN(Cc3cnc(N)s3)C2)C1. The molecular formula is C14H24N4OS. The first-order chi connectivity index (χ1) is 9.57. The van der Waals surface area contributed by atoms with Crippen molar-refractivity contribution >= 4 is 16.5 Å². The number of piperidine rings is 2. The van der Waals surface area contributed by atoms with Crippen LogP contribution < -0.4 is 5.73 Å². The molecule has 3 N–H and O–H groups in total. The Morgan fingerprint density at radius 1 is 1.50 bits per heavy atom. The molecule has 0 saturated carbocycles. The van der Waals surface area contributed by atoms with Crippen LogP contribution in [0.5, 0.6) is 0 Å². The second-order valence-electron chi connectivity index (χ2n) is 6.38. The first-order valence-corrected chi connectivity index (χ1v) is 8.18. The lowest BCUT2D eigenvalue weighted by Crippen LogP contribution is -2.58. The molecule has 2 fully saturated rings. The molecule has 6 heteroatoms. The molecule has 5 nitrogen and oxygen atoms in total. The van der Waals surface area contributed by atoms with E-state index in [4.69, 9.17) is 5.73 Å². The summed E-state index contributed by atoms with van der Waals surface area (Å²) < 4.78 is 0. The molecule has 112 valence electrons. The molecule has 20 heavy (non-hydrogen) atoms. The largest absolute Gasteiger partial charge is 0.392 e. The lowest BCUT2D eigenvalue weighted by atomic mass is 9.71. The monoisotopic (exact) mass is 296 g/mol. The first kappa shape index (κ1) is 14.3. The number of aromatic nitrogens is 1. The van der Waals surface area contributed by atoms with Crippen molar-refractivity contribution in [3.05, 3.63) is 11.1 Å². The highest BCUT2D eigenvalue weighted by Crippen LogP contribution is 2.39. The highest BCUT2D eigenvalue weighted by molar-refractivity contribution is 7.15. The van der Waals surface area contributed by atoms with E-state index in [9.17, 15) is 5.11 Å². The van der Waals surface area contributed by atoms with Crippen LogP contribution in [0.4, 0.5) is 5.13 Å². The third kappa shape index (κ3) is 2.83. The van der Waals surface area contributed by atoms with Gasteiger partial charge in [-0.15, -0.1) is 11.3 Å². The van der Waals surface area contributed by atoms with Crippen molar-refractivity contribution in [3.8, 4) is 0 Å². The van der Waals surface area contributed by atoms with Gasteiger partial charge in [0.05, 0.1) is 6.10 Å².